The zero-order chi connectivity index (χ0) is 15.0. The molecule has 2 heterocycles. The van der Waals surface area contributed by atoms with Crippen LogP contribution in [0.15, 0.2) is 30.3 Å². The summed E-state index contributed by atoms with van der Waals surface area (Å²) in [6.45, 7) is 6.87. The van der Waals surface area contributed by atoms with E-state index in [0.29, 0.717) is 5.95 Å². The number of nitrogens with zero attached hydrogens (tertiary/aromatic N) is 2. The van der Waals surface area contributed by atoms with Crippen molar-refractivity contribution in [2.24, 2.45) is 0 Å². The summed E-state index contributed by atoms with van der Waals surface area (Å²) in [5.74, 6) is 1.31. The molecule has 0 saturated heterocycles. The van der Waals surface area contributed by atoms with Gasteiger partial charge in [-0.1, -0.05) is 6.07 Å². The zero-order valence-electron chi connectivity index (χ0n) is 12.5. The lowest BCUT2D eigenvalue weighted by Crippen LogP contribution is -2.06. The normalized spacial score (nSPS) is 11.4. The minimum atomic E-state index is 0.113. The van der Waals surface area contributed by atoms with Gasteiger partial charge in [0.2, 0.25) is 5.95 Å². The second-order valence-corrected chi connectivity index (χ2v) is 6.73. The number of rotatable bonds is 4. The molecule has 0 atom stereocenters. The molecule has 0 aliphatic heterocycles. The Hall–Kier alpha value is -2.01. The number of fused-ring (bicyclic) bond motifs is 1. The van der Waals surface area contributed by atoms with E-state index >= 15 is 0 Å². The van der Waals surface area contributed by atoms with Crippen LogP contribution in [0, 0.1) is 6.92 Å². The number of benzene rings is 1. The van der Waals surface area contributed by atoms with E-state index in [-0.39, 0.29) is 6.10 Å². The SMILES string of the molecule is Cc1ccc(Cn2c(N)nc3c(OC(C)C)cccc32)s1. The molecule has 0 fully saturated rings. The lowest BCUT2D eigenvalue weighted by molar-refractivity contribution is 0.245. The predicted molar refractivity (Wildman–Crippen MR) is 88.1 cm³/mol. The van der Waals surface area contributed by atoms with Gasteiger partial charge in [-0.15, -0.1) is 11.3 Å². The monoisotopic (exact) mass is 301 g/mol. The second-order valence-electron chi connectivity index (χ2n) is 5.36. The minimum Gasteiger partial charge on any atom is -0.489 e. The molecular weight excluding hydrogens is 282 g/mol. The largest absolute Gasteiger partial charge is 0.489 e. The molecule has 0 bridgehead atoms. The Kier molecular flexibility index (Phi) is 3.59. The maximum absolute atomic E-state index is 6.11. The van der Waals surface area contributed by atoms with Crippen LogP contribution in [0.4, 0.5) is 5.95 Å². The van der Waals surface area contributed by atoms with E-state index in [1.165, 1.54) is 9.75 Å². The van der Waals surface area contributed by atoms with Crippen LogP contribution in [0.5, 0.6) is 5.75 Å². The predicted octanol–water partition coefficient (Wildman–Crippen LogP) is 3.82. The molecule has 110 valence electrons. The van der Waals surface area contributed by atoms with Crippen molar-refractivity contribution in [3.05, 3.63) is 40.1 Å². The van der Waals surface area contributed by atoms with Crippen molar-refractivity contribution in [3.63, 3.8) is 0 Å². The van der Waals surface area contributed by atoms with Crippen molar-refractivity contribution in [1.29, 1.82) is 0 Å². The molecule has 1 aromatic carbocycles. The zero-order valence-corrected chi connectivity index (χ0v) is 13.3. The molecule has 0 aliphatic carbocycles. The number of hydrogen-bond acceptors (Lipinski definition) is 4. The van der Waals surface area contributed by atoms with Gasteiger partial charge in [-0.25, -0.2) is 4.98 Å². The molecule has 0 amide bonds. The summed E-state index contributed by atoms with van der Waals surface area (Å²) in [5, 5.41) is 0. The van der Waals surface area contributed by atoms with Gasteiger partial charge >= 0.3 is 0 Å². The van der Waals surface area contributed by atoms with Gasteiger partial charge in [0.25, 0.3) is 0 Å². The number of ether oxygens (including phenoxy) is 1. The Morgan fingerprint density at radius 3 is 2.76 bits per heavy atom. The van der Waals surface area contributed by atoms with Crippen molar-refractivity contribution in [1.82, 2.24) is 9.55 Å². The number of nitrogens with two attached hydrogens (primary N) is 1. The number of aromatic nitrogens is 2. The van der Waals surface area contributed by atoms with E-state index < -0.39 is 0 Å². The summed E-state index contributed by atoms with van der Waals surface area (Å²) in [5.41, 5.74) is 7.95. The summed E-state index contributed by atoms with van der Waals surface area (Å²) >= 11 is 1.78. The van der Waals surface area contributed by atoms with E-state index in [0.717, 1.165) is 23.3 Å². The average molecular weight is 301 g/mol. The lowest BCUT2D eigenvalue weighted by Gasteiger charge is -2.10. The number of anilines is 1. The first-order valence-electron chi connectivity index (χ1n) is 7.01. The summed E-state index contributed by atoms with van der Waals surface area (Å²) in [7, 11) is 0. The van der Waals surface area contributed by atoms with Crippen LogP contribution in [-0.4, -0.2) is 15.7 Å². The first-order valence-corrected chi connectivity index (χ1v) is 7.83. The Labute approximate surface area is 128 Å². The van der Waals surface area contributed by atoms with Gasteiger partial charge in [-0.05, 0) is 45.0 Å². The summed E-state index contributed by atoms with van der Waals surface area (Å²) < 4.78 is 7.86. The fraction of sp³-hybridized carbons (Fsp3) is 0.312. The fourth-order valence-electron chi connectivity index (χ4n) is 2.38. The van der Waals surface area contributed by atoms with Crippen LogP contribution in [0.25, 0.3) is 11.0 Å². The van der Waals surface area contributed by atoms with E-state index in [9.17, 15) is 0 Å². The molecular formula is C16H19N3OS. The summed E-state index contributed by atoms with van der Waals surface area (Å²) in [4.78, 5) is 7.06. The molecule has 4 nitrogen and oxygen atoms in total. The van der Waals surface area contributed by atoms with E-state index in [1.807, 2.05) is 36.6 Å². The first-order chi connectivity index (χ1) is 10.0. The van der Waals surface area contributed by atoms with Crippen molar-refractivity contribution in [3.8, 4) is 5.75 Å². The Bertz CT molecular complexity index is 773. The third-order valence-electron chi connectivity index (χ3n) is 3.24. The molecule has 5 heteroatoms. The average Bonchev–Trinajstić information content (AvgIpc) is 2.96. The molecule has 0 radical (unpaired) electrons. The van der Waals surface area contributed by atoms with Gasteiger partial charge in [0, 0.05) is 9.75 Å². The number of nitrogen functional groups attached to an aromatic ring is 1. The highest BCUT2D eigenvalue weighted by molar-refractivity contribution is 7.11. The molecule has 0 aliphatic rings. The van der Waals surface area contributed by atoms with Crippen LogP contribution in [-0.2, 0) is 6.54 Å². The first kappa shape index (κ1) is 13.9. The number of para-hydroxylation sites is 1. The standard InChI is InChI=1S/C16H19N3OS/c1-10(2)20-14-6-4-5-13-15(14)18-16(17)19(13)9-12-8-7-11(3)21-12/h4-8,10H,9H2,1-3H3,(H2,17,18). The lowest BCUT2D eigenvalue weighted by atomic mass is 10.3. The van der Waals surface area contributed by atoms with Crippen LogP contribution in [0.2, 0.25) is 0 Å². The number of thiophene rings is 1. The van der Waals surface area contributed by atoms with Crippen molar-refractivity contribution in [2.75, 3.05) is 5.73 Å². The van der Waals surface area contributed by atoms with Crippen LogP contribution >= 0.6 is 11.3 Å². The van der Waals surface area contributed by atoms with E-state index in [4.69, 9.17) is 10.5 Å². The molecule has 21 heavy (non-hydrogen) atoms. The number of aryl methyl sites for hydroxylation is 1. The molecule has 0 saturated carbocycles. The Morgan fingerprint density at radius 1 is 1.29 bits per heavy atom. The van der Waals surface area contributed by atoms with Gasteiger partial charge in [0.15, 0.2) is 0 Å². The Balaban J connectivity index is 2.05. The van der Waals surface area contributed by atoms with E-state index in [1.54, 1.807) is 11.3 Å². The second kappa shape index (κ2) is 5.41. The molecule has 2 N–H and O–H groups in total. The van der Waals surface area contributed by atoms with Crippen LogP contribution < -0.4 is 10.5 Å². The van der Waals surface area contributed by atoms with E-state index in [2.05, 4.69) is 24.0 Å². The minimum absolute atomic E-state index is 0.113. The maximum atomic E-state index is 6.11. The van der Waals surface area contributed by atoms with Gasteiger partial charge in [0.05, 0.1) is 18.2 Å². The van der Waals surface area contributed by atoms with Crippen molar-refractivity contribution in [2.45, 2.75) is 33.4 Å². The van der Waals surface area contributed by atoms with Gasteiger partial charge in [0.1, 0.15) is 11.3 Å². The van der Waals surface area contributed by atoms with Gasteiger partial charge < -0.3 is 15.0 Å². The summed E-state index contributed by atoms with van der Waals surface area (Å²) in [6.07, 6.45) is 0.113. The maximum Gasteiger partial charge on any atom is 0.201 e. The van der Waals surface area contributed by atoms with Crippen molar-refractivity contribution < 1.29 is 4.74 Å². The molecule has 0 spiro atoms. The number of hydrogen-bond donors (Lipinski definition) is 1. The van der Waals surface area contributed by atoms with Gasteiger partial charge in [-0.2, -0.15) is 0 Å². The highest BCUT2D eigenvalue weighted by atomic mass is 32.1. The van der Waals surface area contributed by atoms with Crippen molar-refractivity contribution >= 4 is 28.3 Å². The smallest absolute Gasteiger partial charge is 0.201 e. The molecule has 3 aromatic rings. The molecule has 3 rings (SSSR count). The topological polar surface area (TPSA) is 53.1 Å². The third-order valence-corrected chi connectivity index (χ3v) is 4.23. The summed E-state index contributed by atoms with van der Waals surface area (Å²) in [6, 6.07) is 10.2. The molecule has 2 aromatic heterocycles. The van der Waals surface area contributed by atoms with Crippen LogP contribution in [0.1, 0.15) is 23.6 Å². The van der Waals surface area contributed by atoms with Gasteiger partial charge in [-0.3, -0.25) is 0 Å². The molecule has 0 unspecified atom stereocenters. The highest BCUT2D eigenvalue weighted by Gasteiger charge is 2.14. The van der Waals surface area contributed by atoms with Crippen LogP contribution in [0.3, 0.4) is 0 Å². The fourth-order valence-corrected chi connectivity index (χ4v) is 3.26. The quantitative estimate of drug-likeness (QED) is 0.797. The highest BCUT2D eigenvalue weighted by Crippen LogP contribution is 2.29. The number of imidazole rings is 1. The third kappa shape index (κ3) is 2.74. The Morgan fingerprint density at radius 2 is 2.10 bits per heavy atom.